The summed E-state index contributed by atoms with van der Waals surface area (Å²) in [5, 5.41) is 2.77. The number of nitrogens with one attached hydrogen (secondary N) is 1. The van der Waals surface area contributed by atoms with Crippen molar-refractivity contribution < 1.29 is 46.5 Å². The molecule has 1 amide bonds. The molecular formula is C47H67N5O10S. The molecule has 1 aromatic heterocycles. The molecule has 0 saturated carbocycles. The van der Waals surface area contributed by atoms with Crippen LogP contribution in [0, 0.1) is 5.92 Å². The van der Waals surface area contributed by atoms with Gasteiger partial charge in [-0.1, -0.05) is 136 Å². The Bertz CT molecular complexity index is 2120. The minimum Gasteiger partial charge on any atom is -0.495 e. The maximum atomic E-state index is 14.9. The molecule has 346 valence electrons. The maximum Gasteiger partial charge on any atom is 0.359 e. The number of sulfonamides is 1. The topological polar surface area (TPSA) is 185 Å². The van der Waals surface area contributed by atoms with Gasteiger partial charge in [0, 0.05) is 6.54 Å². The van der Waals surface area contributed by atoms with Crippen LogP contribution < -0.4 is 10.1 Å². The second kappa shape index (κ2) is 25.8. The standard InChI is InChI=1S/C47H67N5O10S/c1-7-9-10-11-12-13-14-15-16-17-18-19-20-21-22-25-30-52-43(49-36-26-23-24-27-39(36)63(52,57)58)42(51-33-48-40(46(55)60-5)41(51)47(56)61-6)44(53)50-37-31-35(28-29-38(37)59-4)45(54)62-32-34(3)8-2/h23-24,26-29,31,33-34,42H,7-22,25,30,32H2,1-6H3,(H,50,53). The fourth-order valence-electron chi connectivity index (χ4n) is 7.45. The number of unbranched alkanes of at least 4 members (excludes halogenated alkanes) is 15. The number of rotatable bonds is 28. The number of para-hydroxylation sites is 1. The number of aliphatic imine (C=N–C) groups is 1. The number of nitrogens with zero attached hydrogens (tertiary/aromatic N) is 4. The van der Waals surface area contributed by atoms with E-state index in [1.54, 1.807) is 12.1 Å². The van der Waals surface area contributed by atoms with E-state index < -0.39 is 51.3 Å². The SMILES string of the molecule is CCCCCCCCCCCCCCCCCCN1C(C(C(=O)Nc2cc(C(=O)OCC(C)CC)ccc2OC)n2cnc(C(=O)OC)c2C(=O)OC)=Nc2ccccc2S1(=O)=O. The molecule has 1 N–H and O–H groups in total. The van der Waals surface area contributed by atoms with Crippen molar-refractivity contribution in [3.8, 4) is 5.75 Å². The van der Waals surface area contributed by atoms with Crippen molar-refractivity contribution in [3.63, 3.8) is 0 Å². The van der Waals surface area contributed by atoms with E-state index in [9.17, 15) is 27.6 Å². The van der Waals surface area contributed by atoms with Crippen molar-refractivity contribution in [2.45, 2.75) is 141 Å². The molecule has 16 heteroatoms. The number of aromatic nitrogens is 2. The van der Waals surface area contributed by atoms with Gasteiger partial charge in [0.15, 0.2) is 23.3 Å². The maximum absolute atomic E-state index is 14.9. The summed E-state index contributed by atoms with van der Waals surface area (Å²) in [7, 11) is -0.738. The van der Waals surface area contributed by atoms with E-state index in [4.69, 9.17) is 23.9 Å². The van der Waals surface area contributed by atoms with E-state index in [-0.39, 0.29) is 52.5 Å². The lowest BCUT2D eigenvalue weighted by molar-refractivity contribution is -0.117. The smallest absolute Gasteiger partial charge is 0.359 e. The molecule has 2 heterocycles. The number of amidine groups is 1. The Kier molecular flexibility index (Phi) is 20.6. The third-order valence-electron chi connectivity index (χ3n) is 11.3. The second-order valence-corrected chi connectivity index (χ2v) is 17.9. The Morgan fingerprint density at radius 1 is 0.746 bits per heavy atom. The van der Waals surface area contributed by atoms with Crippen LogP contribution >= 0.6 is 0 Å². The van der Waals surface area contributed by atoms with E-state index in [0.717, 1.165) is 67.9 Å². The van der Waals surface area contributed by atoms with Gasteiger partial charge in [-0.15, -0.1) is 0 Å². The minimum atomic E-state index is -4.32. The summed E-state index contributed by atoms with van der Waals surface area (Å²) in [5.74, 6) is -3.52. The van der Waals surface area contributed by atoms with Crippen LogP contribution in [-0.2, 0) is 29.0 Å². The number of fused-ring (bicyclic) bond motifs is 1. The molecule has 2 aromatic carbocycles. The average Bonchev–Trinajstić information content (AvgIpc) is 3.72. The van der Waals surface area contributed by atoms with E-state index >= 15 is 0 Å². The lowest BCUT2D eigenvalue weighted by atomic mass is 10.0. The van der Waals surface area contributed by atoms with Crippen molar-refractivity contribution in [1.82, 2.24) is 13.9 Å². The van der Waals surface area contributed by atoms with Crippen LogP contribution in [0.1, 0.15) is 167 Å². The van der Waals surface area contributed by atoms with Crippen molar-refractivity contribution >= 4 is 51.0 Å². The molecule has 63 heavy (non-hydrogen) atoms. The van der Waals surface area contributed by atoms with Crippen molar-refractivity contribution in [2.75, 3.05) is 39.8 Å². The molecular weight excluding hydrogens is 827 g/mol. The Labute approximate surface area is 373 Å². The molecule has 15 nitrogen and oxygen atoms in total. The highest BCUT2D eigenvalue weighted by Crippen LogP contribution is 2.37. The molecule has 0 saturated heterocycles. The third kappa shape index (κ3) is 13.9. The fraction of sp³-hybridized carbons (Fsp3) is 0.574. The first kappa shape index (κ1) is 50.4. The first-order valence-corrected chi connectivity index (χ1v) is 24.0. The van der Waals surface area contributed by atoms with Crippen LogP contribution in [0.5, 0.6) is 5.75 Å². The van der Waals surface area contributed by atoms with Gasteiger partial charge < -0.3 is 28.8 Å². The summed E-state index contributed by atoms with van der Waals surface area (Å²) in [6, 6.07) is 8.79. The van der Waals surface area contributed by atoms with E-state index in [1.165, 1.54) is 102 Å². The zero-order chi connectivity index (χ0) is 45.8. The third-order valence-corrected chi connectivity index (χ3v) is 13.2. The highest BCUT2D eigenvalue weighted by Gasteiger charge is 2.43. The lowest BCUT2D eigenvalue weighted by Crippen LogP contribution is -2.48. The quantitative estimate of drug-likeness (QED) is 0.0416. The normalized spacial score (nSPS) is 13.9. The van der Waals surface area contributed by atoms with Crippen LogP contribution in [0.25, 0.3) is 0 Å². The second-order valence-electron chi connectivity index (χ2n) is 16.1. The Hall–Kier alpha value is -5.25. The van der Waals surface area contributed by atoms with Gasteiger partial charge in [0.05, 0.1) is 51.2 Å². The van der Waals surface area contributed by atoms with Crippen molar-refractivity contribution in [3.05, 3.63) is 65.7 Å². The number of anilines is 1. The predicted octanol–water partition coefficient (Wildman–Crippen LogP) is 9.84. The molecule has 2 atom stereocenters. The van der Waals surface area contributed by atoms with Crippen molar-refractivity contribution in [2.24, 2.45) is 10.9 Å². The number of amides is 1. The number of carbonyl (C=O) groups excluding carboxylic acids is 4. The van der Waals surface area contributed by atoms with E-state index in [2.05, 4.69) is 17.2 Å². The minimum absolute atomic E-state index is 0.0370. The number of carbonyl (C=O) groups is 4. The number of benzene rings is 2. The van der Waals surface area contributed by atoms with Gasteiger partial charge in [-0.2, -0.15) is 0 Å². The van der Waals surface area contributed by atoms with E-state index in [0.29, 0.717) is 6.42 Å². The van der Waals surface area contributed by atoms with E-state index in [1.807, 2.05) is 13.8 Å². The summed E-state index contributed by atoms with van der Waals surface area (Å²) in [5.41, 5.74) is -0.698. The molecule has 2 unspecified atom stereocenters. The van der Waals surface area contributed by atoms with Gasteiger partial charge in [0.25, 0.3) is 15.9 Å². The molecule has 3 aromatic rings. The monoisotopic (exact) mass is 893 g/mol. The number of hydrogen-bond acceptors (Lipinski definition) is 12. The molecule has 0 fully saturated rings. The number of ether oxygens (including phenoxy) is 4. The Morgan fingerprint density at radius 3 is 1.90 bits per heavy atom. The number of hydrogen-bond donors (Lipinski definition) is 1. The average molecular weight is 894 g/mol. The molecule has 1 aliphatic rings. The molecule has 4 rings (SSSR count). The van der Waals surface area contributed by atoms with Gasteiger partial charge in [0.1, 0.15) is 10.6 Å². The Morgan fingerprint density at radius 2 is 1.33 bits per heavy atom. The first-order chi connectivity index (χ1) is 30.4. The van der Waals surface area contributed by atoms with Crippen LogP contribution in [0.15, 0.2) is 58.7 Å². The van der Waals surface area contributed by atoms with Crippen LogP contribution in [0.3, 0.4) is 0 Å². The van der Waals surface area contributed by atoms with Crippen LogP contribution in [0.2, 0.25) is 0 Å². The highest BCUT2D eigenvalue weighted by atomic mass is 32.2. The molecule has 0 radical (unpaired) electrons. The predicted molar refractivity (Wildman–Crippen MR) is 242 cm³/mol. The largest absolute Gasteiger partial charge is 0.495 e. The summed E-state index contributed by atoms with van der Waals surface area (Å²) < 4.78 is 52.2. The zero-order valence-electron chi connectivity index (χ0n) is 38.0. The molecule has 0 bridgehead atoms. The Balaban J connectivity index is 1.62. The van der Waals surface area contributed by atoms with Gasteiger partial charge in [-0.25, -0.2) is 32.8 Å². The summed E-state index contributed by atoms with van der Waals surface area (Å²) in [4.78, 5) is 63.2. The number of esters is 3. The van der Waals surface area contributed by atoms with Gasteiger partial charge in [-0.05, 0) is 42.7 Å². The van der Waals surface area contributed by atoms with Gasteiger partial charge in [0.2, 0.25) is 0 Å². The van der Waals surface area contributed by atoms with Gasteiger partial charge in [-0.3, -0.25) is 9.10 Å². The number of methoxy groups -OCH3 is 3. The highest BCUT2D eigenvalue weighted by molar-refractivity contribution is 7.90. The first-order valence-electron chi connectivity index (χ1n) is 22.5. The lowest BCUT2D eigenvalue weighted by Gasteiger charge is -2.34. The van der Waals surface area contributed by atoms with Crippen LogP contribution in [-0.4, -0.2) is 86.4 Å². The summed E-state index contributed by atoms with van der Waals surface area (Å²) in [6.07, 6.45) is 20.2. The van der Waals surface area contributed by atoms with Crippen molar-refractivity contribution in [1.29, 1.82) is 0 Å². The molecule has 0 aliphatic carbocycles. The molecule has 0 spiro atoms. The summed E-state index contributed by atoms with van der Waals surface area (Å²) >= 11 is 0. The number of imidazole rings is 1. The molecule has 1 aliphatic heterocycles. The van der Waals surface area contributed by atoms with Crippen LogP contribution in [0.4, 0.5) is 11.4 Å². The zero-order valence-corrected chi connectivity index (χ0v) is 38.8. The fourth-order valence-corrected chi connectivity index (χ4v) is 9.07. The van der Waals surface area contributed by atoms with Gasteiger partial charge >= 0.3 is 17.9 Å². The summed E-state index contributed by atoms with van der Waals surface area (Å²) in [6.45, 7) is 6.33.